The van der Waals surface area contributed by atoms with Gasteiger partial charge < -0.3 is 4.74 Å². The minimum absolute atomic E-state index is 0.216. The maximum Gasteiger partial charge on any atom is 0.416 e. The lowest BCUT2D eigenvalue weighted by Gasteiger charge is -2.12. The molecule has 1 fully saturated rings. The van der Waals surface area contributed by atoms with Gasteiger partial charge in [-0.15, -0.1) is 0 Å². The normalized spacial score (nSPS) is 22.8. The van der Waals surface area contributed by atoms with Gasteiger partial charge in [-0.3, -0.25) is 4.79 Å². The van der Waals surface area contributed by atoms with Gasteiger partial charge in [-0.2, -0.15) is 13.2 Å². The van der Waals surface area contributed by atoms with Gasteiger partial charge in [0, 0.05) is 6.04 Å². The highest BCUT2D eigenvalue weighted by Crippen LogP contribution is 2.31. The summed E-state index contributed by atoms with van der Waals surface area (Å²) in [6.45, 7) is 2.01. The van der Waals surface area contributed by atoms with Gasteiger partial charge in [-0.25, -0.2) is 10.9 Å². The highest BCUT2D eigenvalue weighted by molar-refractivity contribution is 5.76. The van der Waals surface area contributed by atoms with E-state index in [1.807, 2.05) is 0 Å². The average molecular weight is 288 g/mol. The Labute approximate surface area is 114 Å². The summed E-state index contributed by atoms with van der Waals surface area (Å²) in [5.74, 6) is -0.366. The summed E-state index contributed by atoms with van der Waals surface area (Å²) in [6.07, 6.45) is -3.91. The second-order valence-corrected chi connectivity index (χ2v) is 4.50. The summed E-state index contributed by atoms with van der Waals surface area (Å²) < 4.78 is 42.3. The first-order valence-corrected chi connectivity index (χ1v) is 6.26. The number of esters is 1. The van der Waals surface area contributed by atoms with Crippen molar-refractivity contribution in [3.05, 3.63) is 35.4 Å². The standard InChI is InChI=1S/C13H15F3N2O2/c1-2-20-12(19)11-7-10(17-18-11)8-3-5-9(6-4-8)13(14,15)16/h3-6,10-11,17-18H,2,7H2,1H3. The molecule has 0 bridgehead atoms. The number of rotatable bonds is 3. The highest BCUT2D eigenvalue weighted by atomic mass is 19.4. The first-order valence-electron chi connectivity index (χ1n) is 6.26. The van der Waals surface area contributed by atoms with Crippen LogP contribution in [0.2, 0.25) is 0 Å². The summed E-state index contributed by atoms with van der Waals surface area (Å²) >= 11 is 0. The van der Waals surface area contributed by atoms with Crippen LogP contribution in [0, 0.1) is 0 Å². The summed E-state index contributed by atoms with van der Waals surface area (Å²) in [6, 6.07) is 4.20. The molecule has 0 amide bonds. The Hall–Kier alpha value is -1.60. The molecule has 110 valence electrons. The van der Waals surface area contributed by atoms with Crippen molar-refractivity contribution in [2.75, 3.05) is 6.61 Å². The molecule has 0 saturated carbocycles. The van der Waals surface area contributed by atoms with Crippen molar-refractivity contribution in [1.82, 2.24) is 10.9 Å². The van der Waals surface area contributed by atoms with Gasteiger partial charge in [-0.05, 0) is 31.0 Å². The number of benzene rings is 1. The Morgan fingerprint density at radius 3 is 2.50 bits per heavy atom. The number of hydrogen-bond donors (Lipinski definition) is 2. The smallest absolute Gasteiger partial charge is 0.416 e. The minimum atomic E-state index is -4.34. The van der Waals surface area contributed by atoms with Gasteiger partial charge >= 0.3 is 12.1 Å². The monoisotopic (exact) mass is 288 g/mol. The van der Waals surface area contributed by atoms with Gasteiger partial charge in [0.25, 0.3) is 0 Å². The third kappa shape index (κ3) is 3.29. The number of ether oxygens (including phenoxy) is 1. The Bertz CT molecular complexity index is 473. The number of carbonyl (C=O) groups is 1. The van der Waals surface area contributed by atoms with E-state index in [4.69, 9.17) is 4.74 Å². The molecule has 1 aliphatic rings. The number of alkyl halides is 3. The Morgan fingerprint density at radius 1 is 1.30 bits per heavy atom. The average Bonchev–Trinajstić information content (AvgIpc) is 2.88. The lowest BCUT2D eigenvalue weighted by molar-refractivity contribution is -0.145. The Kier molecular flexibility index (Phi) is 4.29. The second-order valence-electron chi connectivity index (χ2n) is 4.50. The van der Waals surface area contributed by atoms with Crippen molar-refractivity contribution >= 4 is 5.97 Å². The van der Waals surface area contributed by atoms with Crippen molar-refractivity contribution in [1.29, 1.82) is 0 Å². The first-order chi connectivity index (χ1) is 9.41. The zero-order chi connectivity index (χ0) is 14.8. The van der Waals surface area contributed by atoms with Crippen LogP contribution in [0.1, 0.15) is 30.5 Å². The largest absolute Gasteiger partial charge is 0.465 e. The molecule has 4 nitrogen and oxygen atoms in total. The molecule has 7 heteroatoms. The van der Waals surface area contributed by atoms with Gasteiger partial charge in [0.05, 0.1) is 12.2 Å². The fourth-order valence-corrected chi connectivity index (χ4v) is 2.08. The molecule has 20 heavy (non-hydrogen) atoms. The predicted molar refractivity (Wildman–Crippen MR) is 65.5 cm³/mol. The summed E-state index contributed by atoms with van der Waals surface area (Å²) in [5, 5.41) is 0. The number of nitrogens with one attached hydrogen (secondary N) is 2. The van der Waals surface area contributed by atoms with E-state index in [0.717, 1.165) is 12.1 Å². The van der Waals surface area contributed by atoms with E-state index in [2.05, 4.69) is 10.9 Å². The topological polar surface area (TPSA) is 50.4 Å². The van der Waals surface area contributed by atoms with Crippen LogP contribution in [0.3, 0.4) is 0 Å². The molecule has 0 spiro atoms. The third-order valence-corrected chi connectivity index (χ3v) is 3.11. The van der Waals surface area contributed by atoms with E-state index in [9.17, 15) is 18.0 Å². The molecule has 0 radical (unpaired) electrons. The zero-order valence-corrected chi connectivity index (χ0v) is 10.8. The highest BCUT2D eigenvalue weighted by Gasteiger charge is 2.33. The van der Waals surface area contributed by atoms with E-state index in [-0.39, 0.29) is 12.0 Å². The van der Waals surface area contributed by atoms with Crippen LogP contribution in [0.4, 0.5) is 13.2 Å². The van der Waals surface area contributed by atoms with Crippen LogP contribution < -0.4 is 10.9 Å². The van der Waals surface area contributed by atoms with Crippen LogP contribution in [0.15, 0.2) is 24.3 Å². The molecule has 1 saturated heterocycles. The van der Waals surface area contributed by atoms with Crippen LogP contribution in [-0.2, 0) is 15.7 Å². The third-order valence-electron chi connectivity index (χ3n) is 3.11. The summed E-state index contributed by atoms with van der Waals surface area (Å²) in [5.41, 5.74) is 5.68. The van der Waals surface area contributed by atoms with Crippen LogP contribution in [0.5, 0.6) is 0 Å². The number of carbonyl (C=O) groups excluding carboxylic acids is 1. The quantitative estimate of drug-likeness (QED) is 0.837. The summed E-state index contributed by atoms with van der Waals surface area (Å²) in [7, 11) is 0. The number of hydrogen-bond acceptors (Lipinski definition) is 4. The molecule has 0 aromatic heterocycles. The van der Waals surface area contributed by atoms with Gasteiger partial charge in [0.1, 0.15) is 6.04 Å². The van der Waals surface area contributed by atoms with Gasteiger partial charge in [0.2, 0.25) is 0 Å². The van der Waals surface area contributed by atoms with Crippen LogP contribution in [-0.4, -0.2) is 18.6 Å². The van der Waals surface area contributed by atoms with E-state index >= 15 is 0 Å². The Morgan fingerprint density at radius 2 is 1.95 bits per heavy atom. The van der Waals surface area contributed by atoms with Crippen molar-refractivity contribution in [3.63, 3.8) is 0 Å². The Balaban J connectivity index is 2.02. The van der Waals surface area contributed by atoms with Gasteiger partial charge in [0.15, 0.2) is 0 Å². The molecule has 0 aliphatic carbocycles. The predicted octanol–water partition coefficient (Wildman–Crippen LogP) is 2.18. The zero-order valence-electron chi connectivity index (χ0n) is 10.8. The molecule has 2 unspecified atom stereocenters. The van der Waals surface area contributed by atoms with E-state index in [1.54, 1.807) is 6.92 Å². The molecule has 1 aliphatic heterocycles. The van der Waals surface area contributed by atoms with Crippen molar-refractivity contribution in [2.45, 2.75) is 31.6 Å². The molecule has 2 atom stereocenters. The van der Waals surface area contributed by atoms with E-state index in [0.29, 0.717) is 18.6 Å². The number of hydrazine groups is 1. The maximum absolute atomic E-state index is 12.5. The van der Waals surface area contributed by atoms with Crippen molar-refractivity contribution in [2.24, 2.45) is 0 Å². The molecular weight excluding hydrogens is 273 g/mol. The van der Waals surface area contributed by atoms with Crippen molar-refractivity contribution in [3.8, 4) is 0 Å². The van der Waals surface area contributed by atoms with Gasteiger partial charge in [-0.1, -0.05) is 12.1 Å². The number of halogens is 3. The molecule has 2 N–H and O–H groups in total. The molecular formula is C13H15F3N2O2. The van der Waals surface area contributed by atoms with Crippen molar-refractivity contribution < 1.29 is 22.7 Å². The summed E-state index contributed by atoms with van der Waals surface area (Å²) in [4.78, 5) is 11.5. The second kappa shape index (κ2) is 5.80. The molecule has 1 heterocycles. The van der Waals surface area contributed by atoms with E-state index in [1.165, 1.54) is 12.1 Å². The fourth-order valence-electron chi connectivity index (χ4n) is 2.08. The minimum Gasteiger partial charge on any atom is -0.465 e. The molecule has 1 aromatic carbocycles. The molecule has 2 rings (SSSR count). The fraction of sp³-hybridized carbons (Fsp3) is 0.462. The van der Waals surface area contributed by atoms with E-state index < -0.39 is 17.8 Å². The lowest BCUT2D eigenvalue weighted by Crippen LogP contribution is -2.37. The first kappa shape index (κ1) is 14.8. The van der Waals surface area contributed by atoms with Crippen LogP contribution in [0.25, 0.3) is 0 Å². The SMILES string of the molecule is CCOC(=O)C1CC(c2ccc(C(F)(F)F)cc2)NN1. The van der Waals surface area contributed by atoms with Crippen LogP contribution >= 0.6 is 0 Å². The lowest BCUT2D eigenvalue weighted by atomic mass is 10.0. The molecule has 1 aromatic rings. The maximum atomic E-state index is 12.5.